The molecule has 1 fully saturated rings. The molecule has 11 heteroatoms. The topological polar surface area (TPSA) is 74.3 Å². The van der Waals surface area contributed by atoms with Gasteiger partial charge in [0.1, 0.15) is 12.7 Å². The summed E-state index contributed by atoms with van der Waals surface area (Å²) >= 11 is 5.61. The number of piperazine rings is 1. The SMILES string of the molecule is COc1ccccc1OCC(O)CN1CCN(CC(=O)Nc2ccc(Cl)c(C(F)(F)F)c2)CC1. The normalized spacial score (nSPS) is 16.2. The van der Waals surface area contributed by atoms with Gasteiger partial charge in [-0.05, 0) is 30.3 Å². The zero-order valence-electron chi connectivity index (χ0n) is 18.6. The van der Waals surface area contributed by atoms with E-state index in [1.54, 1.807) is 19.2 Å². The van der Waals surface area contributed by atoms with Crippen LogP contribution in [0.4, 0.5) is 18.9 Å². The molecule has 1 atom stereocenters. The fraction of sp³-hybridized carbons (Fsp3) is 0.435. The lowest BCUT2D eigenvalue weighted by Gasteiger charge is -2.35. The minimum absolute atomic E-state index is 0.0403. The van der Waals surface area contributed by atoms with Crippen LogP contribution in [0.5, 0.6) is 11.5 Å². The van der Waals surface area contributed by atoms with Gasteiger partial charge in [-0.3, -0.25) is 14.6 Å². The van der Waals surface area contributed by atoms with Crippen LogP contribution in [-0.4, -0.2) is 79.9 Å². The van der Waals surface area contributed by atoms with Gasteiger partial charge >= 0.3 is 6.18 Å². The van der Waals surface area contributed by atoms with E-state index in [0.29, 0.717) is 44.2 Å². The molecule has 0 aliphatic carbocycles. The average Bonchev–Trinajstić information content (AvgIpc) is 2.79. The van der Waals surface area contributed by atoms with Gasteiger partial charge in [0.2, 0.25) is 5.91 Å². The monoisotopic (exact) mass is 501 g/mol. The van der Waals surface area contributed by atoms with Gasteiger partial charge in [-0.2, -0.15) is 13.2 Å². The summed E-state index contributed by atoms with van der Waals surface area (Å²) in [6, 6.07) is 10.5. The maximum Gasteiger partial charge on any atom is 0.417 e. The third-order valence-electron chi connectivity index (χ3n) is 5.36. The third kappa shape index (κ3) is 7.49. The summed E-state index contributed by atoms with van der Waals surface area (Å²) in [6.45, 7) is 3.03. The van der Waals surface area contributed by atoms with Crippen LogP contribution in [0.1, 0.15) is 5.56 Å². The number of alkyl halides is 3. The third-order valence-corrected chi connectivity index (χ3v) is 5.69. The molecule has 1 aliphatic heterocycles. The highest BCUT2D eigenvalue weighted by Crippen LogP contribution is 2.36. The standard InChI is InChI=1S/C23H27ClF3N3O4/c1-33-20-4-2-3-5-21(20)34-15-17(31)13-29-8-10-30(11-9-29)14-22(32)28-16-6-7-19(24)18(12-16)23(25,26)27/h2-7,12,17,31H,8-11,13-15H2,1H3,(H,28,32). The van der Waals surface area contributed by atoms with Gasteiger partial charge in [-0.1, -0.05) is 23.7 Å². The first kappa shape index (κ1) is 26.1. The molecule has 186 valence electrons. The average molecular weight is 502 g/mol. The highest BCUT2D eigenvalue weighted by atomic mass is 35.5. The molecular formula is C23H27ClF3N3O4. The number of aliphatic hydroxyl groups is 1. The van der Waals surface area contributed by atoms with Gasteiger partial charge in [0.15, 0.2) is 11.5 Å². The Bertz CT molecular complexity index is 969. The maximum atomic E-state index is 13.0. The van der Waals surface area contributed by atoms with Gasteiger partial charge in [-0.15, -0.1) is 0 Å². The van der Waals surface area contributed by atoms with E-state index in [1.807, 2.05) is 17.0 Å². The number of hydrogen-bond donors (Lipinski definition) is 2. The van der Waals surface area contributed by atoms with E-state index in [9.17, 15) is 23.1 Å². The molecule has 3 rings (SSSR count). The Labute approximate surface area is 201 Å². The number of ether oxygens (including phenoxy) is 2. The summed E-state index contributed by atoms with van der Waals surface area (Å²) in [6.07, 6.45) is -5.30. The molecule has 1 amide bonds. The number of methoxy groups -OCH3 is 1. The van der Waals surface area contributed by atoms with E-state index in [4.69, 9.17) is 21.1 Å². The second kappa shape index (κ2) is 11.7. The molecule has 2 aromatic rings. The number of rotatable bonds is 9. The molecule has 0 spiro atoms. The van der Waals surface area contributed by atoms with Crippen molar-refractivity contribution in [1.29, 1.82) is 0 Å². The van der Waals surface area contributed by atoms with Gasteiger partial charge in [-0.25, -0.2) is 0 Å². The van der Waals surface area contributed by atoms with Crippen LogP contribution >= 0.6 is 11.6 Å². The number of benzene rings is 2. The van der Waals surface area contributed by atoms with E-state index in [-0.39, 0.29) is 18.8 Å². The summed E-state index contributed by atoms with van der Waals surface area (Å²) in [4.78, 5) is 16.3. The Morgan fingerprint density at radius 1 is 1.12 bits per heavy atom. The van der Waals surface area contributed by atoms with Crippen molar-refractivity contribution in [2.24, 2.45) is 0 Å². The molecule has 1 unspecified atom stereocenters. The first-order valence-electron chi connectivity index (χ1n) is 10.7. The molecule has 0 aromatic heterocycles. The number of halogens is 4. The van der Waals surface area contributed by atoms with Gasteiger partial charge in [0.25, 0.3) is 0 Å². The maximum absolute atomic E-state index is 13.0. The molecular weight excluding hydrogens is 475 g/mol. The molecule has 34 heavy (non-hydrogen) atoms. The van der Waals surface area contributed by atoms with E-state index < -0.39 is 28.8 Å². The molecule has 2 N–H and O–H groups in total. The van der Waals surface area contributed by atoms with Crippen molar-refractivity contribution >= 4 is 23.2 Å². The van der Waals surface area contributed by atoms with Crippen LogP contribution in [0.25, 0.3) is 0 Å². The second-order valence-electron chi connectivity index (χ2n) is 7.93. The summed E-state index contributed by atoms with van der Waals surface area (Å²) < 4.78 is 49.9. The van der Waals surface area contributed by atoms with Crippen LogP contribution < -0.4 is 14.8 Å². The molecule has 2 aromatic carbocycles. The smallest absolute Gasteiger partial charge is 0.417 e. The second-order valence-corrected chi connectivity index (χ2v) is 8.34. The summed E-state index contributed by atoms with van der Waals surface area (Å²) in [5.74, 6) is 0.742. The lowest BCUT2D eigenvalue weighted by Crippen LogP contribution is -2.50. The first-order valence-corrected chi connectivity index (χ1v) is 11.1. The Morgan fingerprint density at radius 3 is 2.41 bits per heavy atom. The van der Waals surface area contributed by atoms with Crippen LogP contribution in [0.2, 0.25) is 5.02 Å². The summed E-state index contributed by atoms with van der Waals surface area (Å²) in [5, 5.41) is 12.4. The summed E-state index contributed by atoms with van der Waals surface area (Å²) in [5.41, 5.74) is -0.952. The summed E-state index contributed by atoms with van der Waals surface area (Å²) in [7, 11) is 1.55. The molecule has 1 aliphatic rings. The van der Waals surface area contributed by atoms with Crippen LogP contribution in [0.15, 0.2) is 42.5 Å². The number of nitrogens with zero attached hydrogens (tertiary/aromatic N) is 2. The Balaban J connectivity index is 1.40. The highest BCUT2D eigenvalue weighted by molar-refractivity contribution is 6.31. The van der Waals surface area contributed by atoms with E-state index >= 15 is 0 Å². The van der Waals surface area contributed by atoms with Crippen LogP contribution in [0.3, 0.4) is 0 Å². The Kier molecular flexibility index (Phi) is 9.01. The van der Waals surface area contributed by atoms with Crippen LogP contribution in [0, 0.1) is 0 Å². The van der Waals surface area contributed by atoms with E-state index in [0.717, 1.165) is 12.1 Å². The number of para-hydroxylation sites is 2. The lowest BCUT2D eigenvalue weighted by atomic mass is 10.2. The molecule has 7 nitrogen and oxygen atoms in total. The Morgan fingerprint density at radius 2 is 1.76 bits per heavy atom. The molecule has 0 bridgehead atoms. The van der Waals surface area contributed by atoms with Gasteiger partial charge in [0, 0.05) is 38.4 Å². The molecule has 1 saturated heterocycles. The largest absolute Gasteiger partial charge is 0.493 e. The fourth-order valence-corrected chi connectivity index (χ4v) is 3.85. The van der Waals surface area contributed by atoms with Crippen molar-refractivity contribution in [1.82, 2.24) is 9.80 Å². The van der Waals surface area contributed by atoms with E-state index in [2.05, 4.69) is 10.2 Å². The number of aliphatic hydroxyl groups excluding tert-OH is 1. The van der Waals surface area contributed by atoms with Crippen molar-refractivity contribution in [3.05, 3.63) is 53.1 Å². The van der Waals surface area contributed by atoms with E-state index in [1.165, 1.54) is 6.07 Å². The number of carbonyl (C=O) groups is 1. The fourth-order valence-electron chi connectivity index (χ4n) is 3.63. The van der Waals surface area contributed by atoms with Crippen LogP contribution in [-0.2, 0) is 11.0 Å². The zero-order valence-corrected chi connectivity index (χ0v) is 19.4. The van der Waals surface area contributed by atoms with Crippen molar-refractivity contribution in [2.75, 3.05) is 58.3 Å². The molecule has 0 radical (unpaired) electrons. The number of β-amino-alcohol motifs (C(OH)–C–C–N with tert-alkyl or cyclic N) is 1. The Hall–Kier alpha value is -2.53. The number of nitrogens with one attached hydrogen (secondary N) is 1. The lowest BCUT2D eigenvalue weighted by molar-refractivity contribution is -0.137. The van der Waals surface area contributed by atoms with Crippen molar-refractivity contribution in [3.63, 3.8) is 0 Å². The van der Waals surface area contributed by atoms with Crippen molar-refractivity contribution in [3.8, 4) is 11.5 Å². The number of anilines is 1. The number of amides is 1. The minimum atomic E-state index is -4.60. The minimum Gasteiger partial charge on any atom is -0.493 e. The molecule has 1 heterocycles. The quantitative estimate of drug-likeness (QED) is 0.549. The predicted octanol–water partition coefficient (Wildman–Crippen LogP) is 3.36. The number of carbonyl (C=O) groups excluding carboxylic acids is 1. The zero-order chi connectivity index (χ0) is 24.7. The number of hydrogen-bond acceptors (Lipinski definition) is 6. The van der Waals surface area contributed by atoms with Gasteiger partial charge < -0.3 is 19.9 Å². The molecule has 0 saturated carbocycles. The van der Waals surface area contributed by atoms with Crippen molar-refractivity contribution < 1.29 is 32.5 Å². The first-order chi connectivity index (χ1) is 16.2. The van der Waals surface area contributed by atoms with Gasteiger partial charge in [0.05, 0.1) is 24.2 Å². The predicted molar refractivity (Wildman–Crippen MR) is 122 cm³/mol. The van der Waals surface area contributed by atoms with Crippen molar-refractivity contribution in [2.45, 2.75) is 12.3 Å². The highest BCUT2D eigenvalue weighted by Gasteiger charge is 2.33.